The molecule has 8 heteroatoms. The molecule has 1 atom stereocenters. The van der Waals surface area contributed by atoms with Gasteiger partial charge in [-0.15, -0.1) is 0 Å². The highest BCUT2D eigenvalue weighted by Gasteiger charge is 2.33. The van der Waals surface area contributed by atoms with Crippen LogP contribution in [0.4, 0.5) is 18.0 Å². The summed E-state index contributed by atoms with van der Waals surface area (Å²) in [5.41, 5.74) is -6.46. The van der Waals surface area contributed by atoms with E-state index in [1.807, 2.05) is 0 Å². The van der Waals surface area contributed by atoms with Crippen molar-refractivity contribution < 1.29 is 27.5 Å². The molecule has 1 unspecified atom stereocenters. The highest BCUT2D eigenvalue weighted by Crippen LogP contribution is 2.37. The number of carbonyl (C=O) groups excluding carboxylic acids is 2. The number of alkyl halides is 3. The Morgan fingerprint density at radius 3 is 2.30 bits per heavy atom. The molecule has 4 nitrogen and oxygen atoms in total. The van der Waals surface area contributed by atoms with Crippen molar-refractivity contribution >= 4 is 24.1 Å². The number of carbonyl (C=O) groups is 2. The van der Waals surface area contributed by atoms with Gasteiger partial charge in [-0.1, -0.05) is 12.1 Å². The predicted molar refractivity (Wildman–Crippen MR) is 81.1 cm³/mol. The number of alkyl carbamates (subject to hydrolysis) is 1. The van der Waals surface area contributed by atoms with Gasteiger partial charge < -0.3 is 14.8 Å². The number of rotatable bonds is 4. The standard InChI is InChI=1S/C15H18F3NO3S/c1-13(2,3)22-12(21)19-14(4,9-20)10-6-5-7-11(8-10)23-15(16,17)18/h5-9H,1-4H3,(H,19,21). The van der Waals surface area contributed by atoms with E-state index < -0.39 is 22.7 Å². The van der Waals surface area contributed by atoms with Crippen molar-refractivity contribution in [3.8, 4) is 0 Å². The van der Waals surface area contributed by atoms with Gasteiger partial charge in [-0.3, -0.25) is 0 Å². The second kappa shape index (κ2) is 6.82. The fraction of sp³-hybridized carbons (Fsp3) is 0.467. The second-order valence-electron chi connectivity index (χ2n) is 6.02. The van der Waals surface area contributed by atoms with E-state index in [2.05, 4.69) is 5.32 Å². The van der Waals surface area contributed by atoms with Crippen LogP contribution in [0, 0.1) is 0 Å². The fourth-order valence-electron chi connectivity index (χ4n) is 1.70. The van der Waals surface area contributed by atoms with Crippen LogP contribution in [-0.4, -0.2) is 23.5 Å². The van der Waals surface area contributed by atoms with Crippen LogP contribution in [0.3, 0.4) is 0 Å². The SMILES string of the molecule is CC(C)(C)OC(=O)NC(C)(C=O)c1cccc(SC(F)(F)F)c1. The van der Waals surface area contributed by atoms with Crippen LogP contribution < -0.4 is 5.32 Å². The minimum absolute atomic E-state index is 0.0749. The van der Waals surface area contributed by atoms with Crippen LogP contribution in [0.2, 0.25) is 0 Å². The molecular formula is C15H18F3NO3S. The molecule has 128 valence electrons. The Hall–Kier alpha value is -1.70. The molecular weight excluding hydrogens is 331 g/mol. The Morgan fingerprint density at radius 2 is 1.83 bits per heavy atom. The van der Waals surface area contributed by atoms with E-state index in [9.17, 15) is 22.8 Å². The molecule has 0 fully saturated rings. The lowest BCUT2D eigenvalue weighted by Crippen LogP contribution is -2.46. The van der Waals surface area contributed by atoms with Crippen molar-refractivity contribution in [2.75, 3.05) is 0 Å². The number of halogens is 3. The molecule has 23 heavy (non-hydrogen) atoms. The summed E-state index contributed by atoms with van der Waals surface area (Å²) in [6, 6.07) is 5.35. The molecule has 1 aromatic carbocycles. The third kappa shape index (κ3) is 6.52. The van der Waals surface area contributed by atoms with E-state index in [4.69, 9.17) is 4.74 Å². The van der Waals surface area contributed by atoms with Crippen LogP contribution in [0.1, 0.15) is 33.3 Å². The summed E-state index contributed by atoms with van der Waals surface area (Å²) < 4.78 is 42.4. The number of ether oxygens (including phenoxy) is 1. The van der Waals surface area contributed by atoms with Crippen molar-refractivity contribution in [1.82, 2.24) is 5.32 Å². The van der Waals surface area contributed by atoms with Gasteiger partial charge in [-0.05, 0) is 57.2 Å². The van der Waals surface area contributed by atoms with Gasteiger partial charge in [0.25, 0.3) is 0 Å². The van der Waals surface area contributed by atoms with Crippen LogP contribution in [-0.2, 0) is 15.1 Å². The molecule has 0 spiro atoms. The summed E-state index contributed by atoms with van der Waals surface area (Å²) in [5, 5.41) is 2.39. The summed E-state index contributed by atoms with van der Waals surface area (Å²) in [5.74, 6) is 0. The normalized spacial score (nSPS) is 14.7. The molecule has 0 aliphatic heterocycles. The molecule has 0 radical (unpaired) electrons. The molecule has 1 N–H and O–H groups in total. The summed E-state index contributed by atoms with van der Waals surface area (Å²) in [6.45, 7) is 6.36. The summed E-state index contributed by atoms with van der Waals surface area (Å²) >= 11 is -0.289. The molecule has 1 rings (SSSR count). The maximum absolute atomic E-state index is 12.5. The first-order chi connectivity index (χ1) is 10.3. The maximum atomic E-state index is 12.5. The average molecular weight is 349 g/mol. The van der Waals surface area contributed by atoms with E-state index in [0.717, 1.165) is 0 Å². The van der Waals surface area contributed by atoms with E-state index in [1.165, 1.54) is 31.2 Å². The molecule has 0 heterocycles. The number of thioether (sulfide) groups is 1. The van der Waals surface area contributed by atoms with Gasteiger partial charge in [0.15, 0.2) is 0 Å². The minimum Gasteiger partial charge on any atom is -0.444 e. The van der Waals surface area contributed by atoms with Crippen molar-refractivity contribution in [3.63, 3.8) is 0 Å². The number of hydrogen-bond donors (Lipinski definition) is 1. The Bertz CT molecular complexity index is 584. The topological polar surface area (TPSA) is 55.4 Å². The Balaban J connectivity index is 3.02. The third-order valence-electron chi connectivity index (χ3n) is 2.66. The number of nitrogens with one attached hydrogen (secondary N) is 1. The molecule has 0 aliphatic rings. The fourth-order valence-corrected chi connectivity index (χ4v) is 2.30. The first kappa shape index (κ1) is 19.3. The molecule has 0 bridgehead atoms. The molecule has 1 amide bonds. The van der Waals surface area contributed by atoms with Crippen LogP contribution in [0.15, 0.2) is 29.2 Å². The zero-order chi connectivity index (χ0) is 17.9. The number of hydrogen-bond acceptors (Lipinski definition) is 4. The molecule has 0 saturated heterocycles. The van der Waals surface area contributed by atoms with Gasteiger partial charge in [0, 0.05) is 4.90 Å². The lowest BCUT2D eigenvalue weighted by atomic mass is 9.94. The second-order valence-corrected chi connectivity index (χ2v) is 7.16. The van der Waals surface area contributed by atoms with Crippen LogP contribution in [0.25, 0.3) is 0 Å². The lowest BCUT2D eigenvalue weighted by Gasteiger charge is -2.28. The zero-order valence-corrected chi connectivity index (χ0v) is 14.0. The highest BCUT2D eigenvalue weighted by molar-refractivity contribution is 8.00. The number of benzene rings is 1. The van der Waals surface area contributed by atoms with Gasteiger partial charge in [0.1, 0.15) is 17.4 Å². The van der Waals surface area contributed by atoms with Gasteiger partial charge in [0.2, 0.25) is 0 Å². The largest absolute Gasteiger partial charge is 0.446 e. The van der Waals surface area contributed by atoms with Gasteiger partial charge >= 0.3 is 11.6 Å². The third-order valence-corrected chi connectivity index (χ3v) is 3.38. The van der Waals surface area contributed by atoms with Gasteiger partial charge in [-0.25, -0.2) is 4.79 Å². The van der Waals surface area contributed by atoms with Crippen LogP contribution in [0.5, 0.6) is 0 Å². The van der Waals surface area contributed by atoms with E-state index in [-0.39, 0.29) is 22.2 Å². The molecule has 0 saturated carbocycles. The lowest BCUT2D eigenvalue weighted by molar-refractivity contribution is -0.113. The van der Waals surface area contributed by atoms with Gasteiger partial charge in [-0.2, -0.15) is 13.2 Å². The van der Waals surface area contributed by atoms with Crippen molar-refractivity contribution in [2.24, 2.45) is 0 Å². The van der Waals surface area contributed by atoms with Crippen molar-refractivity contribution in [2.45, 2.75) is 49.2 Å². The zero-order valence-electron chi connectivity index (χ0n) is 13.2. The highest BCUT2D eigenvalue weighted by atomic mass is 32.2. The van der Waals surface area contributed by atoms with Crippen LogP contribution >= 0.6 is 11.8 Å². The Morgan fingerprint density at radius 1 is 1.22 bits per heavy atom. The Labute approximate surface area is 136 Å². The monoisotopic (exact) mass is 349 g/mol. The van der Waals surface area contributed by atoms with E-state index in [0.29, 0.717) is 6.29 Å². The maximum Gasteiger partial charge on any atom is 0.446 e. The number of aldehydes is 1. The molecule has 0 aliphatic carbocycles. The Kier molecular flexibility index (Phi) is 5.74. The quantitative estimate of drug-likeness (QED) is 0.653. The minimum atomic E-state index is -4.44. The van der Waals surface area contributed by atoms with E-state index in [1.54, 1.807) is 20.8 Å². The summed E-state index contributed by atoms with van der Waals surface area (Å²) in [4.78, 5) is 23.2. The van der Waals surface area contributed by atoms with E-state index >= 15 is 0 Å². The summed E-state index contributed by atoms with van der Waals surface area (Å²) in [7, 11) is 0. The van der Waals surface area contributed by atoms with Crippen molar-refractivity contribution in [3.05, 3.63) is 29.8 Å². The van der Waals surface area contributed by atoms with Crippen molar-refractivity contribution in [1.29, 1.82) is 0 Å². The average Bonchev–Trinajstić information content (AvgIpc) is 2.34. The smallest absolute Gasteiger partial charge is 0.444 e. The predicted octanol–water partition coefficient (Wildman–Crippen LogP) is 4.24. The first-order valence-corrected chi connectivity index (χ1v) is 7.50. The first-order valence-electron chi connectivity index (χ1n) is 6.68. The molecule has 1 aromatic rings. The summed E-state index contributed by atoms with van der Waals surface area (Å²) in [6.07, 6.45) is -0.380. The number of amides is 1. The molecule has 0 aromatic heterocycles. The van der Waals surface area contributed by atoms with Gasteiger partial charge in [0.05, 0.1) is 0 Å².